The van der Waals surface area contributed by atoms with E-state index in [1.165, 1.54) is 17.1 Å². The van der Waals surface area contributed by atoms with Gasteiger partial charge in [0.25, 0.3) is 0 Å². The van der Waals surface area contributed by atoms with Crippen molar-refractivity contribution in [1.82, 2.24) is 14.9 Å². The van der Waals surface area contributed by atoms with E-state index in [9.17, 15) is 0 Å². The second-order valence-electron chi connectivity index (χ2n) is 6.02. The van der Waals surface area contributed by atoms with Crippen molar-refractivity contribution in [3.63, 3.8) is 0 Å². The molecule has 2 aromatic rings. The van der Waals surface area contributed by atoms with Gasteiger partial charge in [0.2, 0.25) is 0 Å². The smallest absolute Gasteiger partial charge is 0.0995 e. The van der Waals surface area contributed by atoms with Gasteiger partial charge in [0.15, 0.2) is 0 Å². The molecule has 0 aliphatic carbocycles. The first kappa shape index (κ1) is 13.2. The Morgan fingerprint density at radius 1 is 1.30 bits per heavy atom. The molecule has 0 spiro atoms. The van der Waals surface area contributed by atoms with Gasteiger partial charge in [-0.05, 0) is 25.1 Å². The van der Waals surface area contributed by atoms with Gasteiger partial charge in [-0.2, -0.15) is 0 Å². The second-order valence-corrected chi connectivity index (χ2v) is 6.02. The maximum absolute atomic E-state index is 4.41. The monoisotopic (exact) mass is 270 g/mol. The number of anilines is 1. The Balaban J connectivity index is 2.11. The lowest BCUT2D eigenvalue weighted by atomic mass is 9.86. The van der Waals surface area contributed by atoms with Crippen LogP contribution in [0, 0.1) is 0 Å². The standard InChI is InChI=1S/C16H22N4/c1-16(8-9-17-11-16)15-10-18-12-20(15)14-7-5-4-6-13(14)19(2)3/h4-7,10,12,17H,8-9,11H2,1-3H3. The first-order valence-electron chi connectivity index (χ1n) is 7.12. The fourth-order valence-corrected chi connectivity index (χ4v) is 3.02. The molecule has 1 fully saturated rings. The van der Waals surface area contributed by atoms with Gasteiger partial charge in [-0.1, -0.05) is 19.1 Å². The predicted octanol–water partition coefficient (Wildman–Crippen LogP) is 2.19. The highest BCUT2D eigenvalue weighted by atomic mass is 15.1. The molecule has 0 radical (unpaired) electrons. The largest absolute Gasteiger partial charge is 0.376 e. The molecule has 1 N–H and O–H groups in total. The van der Waals surface area contributed by atoms with Gasteiger partial charge >= 0.3 is 0 Å². The Morgan fingerprint density at radius 3 is 2.80 bits per heavy atom. The van der Waals surface area contributed by atoms with Crippen molar-refractivity contribution in [1.29, 1.82) is 0 Å². The van der Waals surface area contributed by atoms with Crippen LogP contribution >= 0.6 is 0 Å². The van der Waals surface area contributed by atoms with Gasteiger partial charge in [-0.15, -0.1) is 0 Å². The van der Waals surface area contributed by atoms with E-state index in [0.29, 0.717) is 0 Å². The summed E-state index contributed by atoms with van der Waals surface area (Å²) in [7, 11) is 4.16. The number of aromatic nitrogens is 2. The third-order valence-corrected chi connectivity index (χ3v) is 4.25. The lowest BCUT2D eigenvalue weighted by Gasteiger charge is -2.26. The molecule has 0 bridgehead atoms. The Morgan fingerprint density at radius 2 is 2.10 bits per heavy atom. The van der Waals surface area contributed by atoms with Crippen LogP contribution in [0.15, 0.2) is 36.8 Å². The lowest BCUT2D eigenvalue weighted by molar-refractivity contribution is 0.499. The molecule has 1 aromatic carbocycles. The van der Waals surface area contributed by atoms with Crippen LogP contribution in [0.2, 0.25) is 0 Å². The zero-order chi connectivity index (χ0) is 14.2. The lowest BCUT2D eigenvalue weighted by Crippen LogP contribution is -2.28. The molecule has 20 heavy (non-hydrogen) atoms. The van der Waals surface area contributed by atoms with E-state index < -0.39 is 0 Å². The topological polar surface area (TPSA) is 33.1 Å². The Hall–Kier alpha value is -1.81. The van der Waals surface area contributed by atoms with Crippen molar-refractivity contribution in [3.8, 4) is 5.69 Å². The van der Waals surface area contributed by atoms with E-state index in [4.69, 9.17) is 0 Å². The molecule has 3 rings (SSSR count). The zero-order valence-electron chi connectivity index (χ0n) is 12.4. The van der Waals surface area contributed by atoms with E-state index in [2.05, 4.69) is 65.1 Å². The molecule has 0 saturated carbocycles. The molecular weight excluding hydrogens is 248 g/mol. The number of rotatable bonds is 3. The molecule has 2 heterocycles. The molecule has 1 aliphatic rings. The number of hydrogen-bond donors (Lipinski definition) is 1. The first-order chi connectivity index (χ1) is 9.62. The fourth-order valence-electron chi connectivity index (χ4n) is 3.02. The van der Waals surface area contributed by atoms with Crippen LogP contribution in [0.3, 0.4) is 0 Å². The average Bonchev–Trinajstić information content (AvgIpc) is 3.08. The summed E-state index contributed by atoms with van der Waals surface area (Å²) in [6.45, 7) is 4.42. The number of nitrogens with zero attached hydrogens (tertiary/aromatic N) is 3. The van der Waals surface area contributed by atoms with E-state index in [1.54, 1.807) is 0 Å². The Kier molecular flexibility index (Phi) is 3.26. The highest BCUT2D eigenvalue weighted by Gasteiger charge is 2.33. The number of hydrogen-bond acceptors (Lipinski definition) is 3. The van der Waals surface area contributed by atoms with Crippen LogP contribution in [0.25, 0.3) is 5.69 Å². The minimum absolute atomic E-state index is 0.163. The van der Waals surface area contributed by atoms with Crippen LogP contribution in [0.5, 0.6) is 0 Å². The zero-order valence-corrected chi connectivity index (χ0v) is 12.4. The van der Waals surface area contributed by atoms with Gasteiger partial charge in [0.1, 0.15) is 0 Å². The summed E-state index contributed by atoms with van der Waals surface area (Å²) >= 11 is 0. The van der Waals surface area contributed by atoms with Crippen LogP contribution in [0.1, 0.15) is 19.0 Å². The summed E-state index contributed by atoms with van der Waals surface area (Å²) in [6.07, 6.45) is 5.10. The number of nitrogens with one attached hydrogen (secondary N) is 1. The van der Waals surface area contributed by atoms with E-state index in [1.807, 2.05) is 12.5 Å². The fraction of sp³-hybridized carbons (Fsp3) is 0.438. The van der Waals surface area contributed by atoms with E-state index >= 15 is 0 Å². The van der Waals surface area contributed by atoms with Crippen molar-refractivity contribution < 1.29 is 0 Å². The maximum atomic E-state index is 4.41. The van der Waals surface area contributed by atoms with Crippen LogP contribution in [-0.4, -0.2) is 36.7 Å². The normalized spacial score (nSPS) is 22.1. The maximum Gasteiger partial charge on any atom is 0.0995 e. The van der Waals surface area contributed by atoms with E-state index in [0.717, 1.165) is 19.5 Å². The minimum Gasteiger partial charge on any atom is -0.376 e. The Labute approximate surface area is 120 Å². The first-order valence-corrected chi connectivity index (χ1v) is 7.12. The molecule has 4 nitrogen and oxygen atoms in total. The van der Waals surface area contributed by atoms with Crippen LogP contribution in [-0.2, 0) is 5.41 Å². The minimum atomic E-state index is 0.163. The summed E-state index contributed by atoms with van der Waals surface area (Å²) < 4.78 is 2.24. The van der Waals surface area contributed by atoms with Gasteiger partial charge in [0, 0.05) is 37.9 Å². The summed E-state index contributed by atoms with van der Waals surface area (Å²) in [5.74, 6) is 0. The molecule has 1 unspecified atom stereocenters. The van der Waals surface area contributed by atoms with Crippen LogP contribution in [0.4, 0.5) is 5.69 Å². The highest BCUT2D eigenvalue weighted by Crippen LogP contribution is 2.33. The van der Waals surface area contributed by atoms with Crippen molar-refractivity contribution in [2.75, 3.05) is 32.1 Å². The highest BCUT2D eigenvalue weighted by molar-refractivity contribution is 5.62. The van der Waals surface area contributed by atoms with Crippen molar-refractivity contribution in [2.24, 2.45) is 0 Å². The third-order valence-electron chi connectivity index (χ3n) is 4.25. The third kappa shape index (κ3) is 2.10. The molecule has 0 amide bonds. The number of imidazole rings is 1. The van der Waals surface area contributed by atoms with Gasteiger partial charge < -0.3 is 14.8 Å². The number of para-hydroxylation sites is 2. The summed E-state index contributed by atoms with van der Waals surface area (Å²) in [5.41, 5.74) is 3.85. The molecule has 1 atom stereocenters. The van der Waals surface area contributed by atoms with Gasteiger partial charge in [0.05, 0.1) is 17.7 Å². The van der Waals surface area contributed by atoms with Crippen molar-refractivity contribution in [2.45, 2.75) is 18.8 Å². The SMILES string of the molecule is CN(C)c1ccccc1-n1cncc1C1(C)CCNC1. The Bertz CT molecular complexity index is 594. The van der Waals surface area contributed by atoms with Gasteiger partial charge in [-0.3, -0.25) is 0 Å². The van der Waals surface area contributed by atoms with Crippen LogP contribution < -0.4 is 10.2 Å². The molecule has 106 valence electrons. The van der Waals surface area contributed by atoms with Gasteiger partial charge in [-0.25, -0.2) is 4.98 Å². The second kappa shape index (κ2) is 4.94. The predicted molar refractivity (Wildman–Crippen MR) is 82.7 cm³/mol. The average molecular weight is 270 g/mol. The summed E-state index contributed by atoms with van der Waals surface area (Å²) in [5, 5.41) is 3.47. The molecule has 4 heteroatoms. The quantitative estimate of drug-likeness (QED) is 0.928. The molecule has 1 aromatic heterocycles. The summed E-state index contributed by atoms with van der Waals surface area (Å²) in [4.78, 5) is 6.55. The number of benzene rings is 1. The summed E-state index contributed by atoms with van der Waals surface area (Å²) in [6, 6.07) is 8.47. The van der Waals surface area contributed by atoms with Crippen molar-refractivity contribution in [3.05, 3.63) is 42.5 Å². The molecule has 1 saturated heterocycles. The molecule has 1 aliphatic heterocycles. The van der Waals surface area contributed by atoms with Crippen molar-refractivity contribution >= 4 is 5.69 Å². The molecular formula is C16H22N4. The van der Waals surface area contributed by atoms with E-state index in [-0.39, 0.29) is 5.41 Å².